The van der Waals surface area contributed by atoms with E-state index < -0.39 is 11.7 Å². The standard InChI is InChI=1S/C13H17BrF3NO/c1-3-4-10(8-19-2)18-12-6-5-9(14)7-11(12)13(15,16)17/h5-7,10,18H,3-4,8H2,1-2H3. The Balaban J connectivity index is 2.98. The number of methoxy groups -OCH3 is 1. The maximum atomic E-state index is 13.0. The van der Waals surface area contributed by atoms with Gasteiger partial charge in [0.1, 0.15) is 0 Å². The zero-order chi connectivity index (χ0) is 14.5. The van der Waals surface area contributed by atoms with Gasteiger partial charge in [-0.2, -0.15) is 13.2 Å². The van der Waals surface area contributed by atoms with Gasteiger partial charge in [-0.25, -0.2) is 0 Å². The lowest BCUT2D eigenvalue weighted by molar-refractivity contribution is -0.137. The summed E-state index contributed by atoms with van der Waals surface area (Å²) in [5.41, 5.74) is -0.578. The minimum atomic E-state index is -4.38. The number of rotatable bonds is 6. The lowest BCUT2D eigenvalue weighted by Crippen LogP contribution is -2.26. The van der Waals surface area contributed by atoms with Crippen LogP contribution >= 0.6 is 15.9 Å². The molecule has 6 heteroatoms. The molecule has 1 rings (SSSR count). The first-order valence-electron chi connectivity index (χ1n) is 6.00. The summed E-state index contributed by atoms with van der Waals surface area (Å²) in [6, 6.07) is 3.98. The number of hydrogen-bond acceptors (Lipinski definition) is 2. The van der Waals surface area contributed by atoms with E-state index in [1.165, 1.54) is 13.2 Å². The summed E-state index contributed by atoms with van der Waals surface area (Å²) in [5.74, 6) is 0. The molecule has 1 aromatic carbocycles. The molecular weight excluding hydrogens is 323 g/mol. The zero-order valence-electron chi connectivity index (χ0n) is 10.9. The van der Waals surface area contributed by atoms with Crippen molar-refractivity contribution in [2.24, 2.45) is 0 Å². The molecule has 0 spiro atoms. The van der Waals surface area contributed by atoms with E-state index in [4.69, 9.17) is 4.74 Å². The Morgan fingerprint density at radius 2 is 2.05 bits per heavy atom. The number of nitrogens with one attached hydrogen (secondary N) is 1. The van der Waals surface area contributed by atoms with Crippen LogP contribution in [-0.2, 0) is 10.9 Å². The number of hydrogen-bond donors (Lipinski definition) is 1. The number of benzene rings is 1. The smallest absolute Gasteiger partial charge is 0.383 e. The highest BCUT2D eigenvalue weighted by Crippen LogP contribution is 2.37. The van der Waals surface area contributed by atoms with Crippen LogP contribution in [0, 0.1) is 0 Å². The fraction of sp³-hybridized carbons (Fsp3) is 0.538. The fourth-order valence-corrected chi connectivity index (χ4v) is 2.20. The number of alkyl halides is 3. The molecule has 108 valence electrons. The summed E-state index contributed by atoms with van der Waals surface area (Å²) in [5, 5.41) is 2.92. The van der Waals surface area contributed by atoms with Crippen LogP contribution in [0.2, 0.25) is 0 Å². The second kappa shape index (κ2) is 7.14. The van der Waals surface area contributed by atoms with Gasteiger partial charge in [-0.15, -0.1) is 0 Å². The third kappa shape index (κ3) is 5.03. The first kappa shape index (κ1) is 16.3. The highest BCUT2D eigenvalue weighted by molar-refractivity contribution is 9.10. The summed E-state index contributed by atoms with van der Waals surface area (Å²) in [7, 11) is 1.54. The lowest BCUT2D eigenvalue weighted by Gasteiger charge is -2.21. The molecule has 1 aromatic rings. The molecule has 0 fully saturated rings. The fourth-order valence-electron chi connectivity index (χ4n) is 1.84. The quantitative estimate of drug-likeness (QED) is 0.811. The van der Waals surface area contributed by atoms with E-state index in [9.17, 15) is 13.2 Å². The molecule has 1 unspecified atom stereocenters. The minimum absolute atomic E-state index is 0.0891. The van der Waals surface area contributed by atoms with Crippen molar-refractivity contribution in [1.82, 2.24) is 0 Å². The van der Waals surface area contributed by atoms with Gasteiger partial charge in [0.15, 0.2) is 0 Å². The first-order chi connectivity index (χ1) is 8.88. The van der Waals surface area contributed by atoms with Crippen molar-refractivity contribution in [3.63, 3.8) is 0 Å². The van der Waals surface area contributed by atoms with Crippen LogP contribution in [0.3, 0.4) is 0 Å². The van der Waals surface area contributed by atoms with Gasteiger partial charge in [0.25, 0.3) is 0 Å². The number of halogens is 4. The first-order valence-corrected chi connectivity index (χ1v) is 6.80. The zero-order valence-corrected chi connectivity index (χ0v) is 12.4. The Morgan fingerprint density at radius 3 is 2.58 bits per heavy atom. The lowest BCUT2D eigenvalue weighted by atomic mass is 10.1. The van der Waals surface area contributed by atoms with Crippen molar-refractivity contribution in [3.8, 4) is 0 Å². The number of anilines is 1. The van der Waals surface area contributed by atoms with Crippen LogP contribution in [0.1, 0.15) is 25.3 Å². The van der Waals surface area contributed by atoms with E-state index in [1.54, 1.807) is 6.07 Å². The van der Waals surface area contributed by atoms with Crippen molar-refractivity contribution < 1.29 is 17.9 Å². The third-order valence-electron chi connectivity index (χ3n) is 2.65. The Morgan fingerprint density at radius 1 is 1.37 bits per heavy atom. The van der Waals surface area contributed by atoms with Crippen LogP contribution in [-0.4, -0.2) is 19.8 Å². The molecule has 0 saturated heterocycles. The molecule has 0 radical (unpaired) electrons. The van der Waals surface area contributed by atoms with Crippen LogP contribution in [0.15, 0.2) is 22.7 Å². The van der Waals surface area contributed by atoms with E-state index in [2.05, 4.69) is 21.2 Å². The van der Waals surface area contributed by atoms with Crippen molar-refractivity contribution in [3.05, 3.63) is 28.2 Å². The van der Waals surface area contributed by atoms with Gasteiger partial charge in [0.2, 0.25) is 0 Å². The maximum Gasteiger partial charge on any atom is 0.418 e. The second-order valence-electron chi connectivity index (χ2n) is 4.27. The highest BCUT2D eigenvalue weighted by atomic mass is 79.9. The largest absolute Gasteiger partial charge is 0.418 e. The molecule has 0 aromatic heterocycles. The van der Waals surface area contributed by atoms with Gasteiger partial charge in [-0.1, -0.05) is 29.3 Å². The second-order valence-corrected chi connectivity index (χ2v) is 5.19. The number of ether oxygens (including phenoxy) is 1. The van der Waals surface area contributed by atoms with Gasteiger partial charge in [-0.3, -0.25) is 0 Å². The van der Waals surface area contributed by atoms with E-state index in [1.807, 2.05) is 6.92 Å². The molecule has 2 nitrogen and oxygen atoms in total. The molecule has 0 amide bonds. The van der Waals surface area contributed by atoms with E-state index in [0.29, 0.717) is 11.1 Å². The Bertz CT molecular complexity index is 403. The van der Waals surface area contributed by atoms with Crippen LogP contribution in [0.5, 0.6) is 0 Å². The predicted octanol–water partition coefficient (Wildman–Crippen LogP) is 4.69. The molecular formula is C13H17BrF3NO. The average molecular weight is 340 g/mol. The highest BCUT2D eigenvalue weighted by Gasteiger charge is 2.34. The molecule has 0 aliphatic heterocycles. The van der Waals surface area contributed by atoms with E-state index in [0.717, 1.165) is 18.9 Å². The summed E-state index contributed by atoms with van der Waals surface area (Å²) >= 11 is 3.06. The molecule has 0 bridgehead atoms. The van der Waals surface area contributed by atoms with Crippen molar-refractivity contribution in [2.75, 3.05) is 19.0 Å². The molecule has 0 aliphatic rings. The molecule has 0 aliphatic carbocycles. The third-order valence-corrected chi connectivity index (χ3v) is 3.14. The molecule has 1 atom stereocenters. The minimum Gasteiger partial charge on any atom is -0.383 e. The molecule has 1 N–H and O–H groups in total. The van der Waals surface area contributed by atoms with Gasteiger partial charge in [0.05, 0.1) is 12.2 Å². The summed E-state index contributed by atoms with van der Waals surface area (Å²) in [4.78, 5) is 0. The summed E-state index contributed by atoms with van der Waals surface area (Å²) in [6.45, 7) is 2.36. The maximum absolute atomic E-state index is 13.0. The Hall–Kier alpha value is -0.750. The van der Waals surface area contributed by atoms with E-state index >= 15 is 0 Å². The molecule has 19 heavy (non-hydrogen) atoms. The Kier molecular flexibility index (Phi) is 6.13. The van der Waals surface area contributed by atoms with Crippen molar-refractivity contribution in [2.45, 2.75) is 32.0 Å². The predicted molar refractivity (Wildman–Crippen MR) is 73.3 cm³/mol. The van der Waals surface area contributed by atoms with Crippen LogP contribution < -0.4 is 5.32 Å². The molecule has 0 saturated carbocycles. The van der Waals surface area contributed by atoms with Crippen LogP contribution in [0.25, 0.3) is 0 Å². The summed E-state index contributed by atoms with van der Waals surface area (Å²) < 4.78 is 44.3. The topological polar surface area (TPSA) is 21.3 Å². The SMILES string of the molecule is CCCC(COC)Nc1ccc(Br)cc1C(F)(F)F. The average Bonchev–Trinajstić information content (AvgIpc) is 2.31. The Labute approximate surface area is 119 Å². The van der Waals surface area contributed by atoms with Gasteiger partial charge in [-0.05, 0) is 24.6 Å². The van der Waals surface area contributed by atoms with Crippen LogP contribution in [0.4, 0.5) is 18.9 Å². The normalized spacial score (nSPS) is 13.4. The monoisotopic (exact) mass is 339 g/mol. The van der Waals surface area contributed by atoms with Gasteiger partial charge >= 0.3 is 6.18 Å². The van der Waals surface area contributed by atoms with E-state index in [-0.39, 0.29) is 11.7 Å². The van der Waals surface area contributed by atoms with Crippen molar-refractivity contribution >= 4 is 21.6 Å². The van der Waals surface area contributed by atoms with Gasteiger partial charge in [0, 0.05) is 23.3 Å². The molecule has 0 heterocycles. The summed E-state index contributed by atoms with van der Waals surface area (Å²) in [6.07, 6.45) is -2.75. The van der Waals surface area contributed by atoms with Gasteiger partial charge < -0.3 is 10.1 Å². The van der Waals surface area contributed by atoms with Crippen molar-refractivity contribution in [1.29, 1.82) is 0 Å².